The molecule has 1 aromatic heterocycles. The minimum atomic E-state index is 0.0745. The quantitative estimate of drug-likeness (QED) is 0.808. The number of nitrogens with one attached hydrogen (secondary N) is 1. The third-order valence-corrected chi connectivity index (χ3v) is 7.02. The SMILES string of the molecule is CCC(=O)N1CCN(c2nc3c(s2)CC(C(=O)NC(CC)CC)CC3)CC1. The normalized spacial score (nSPS) is 19.9. The lowest BCUT2D eigenvalue weighted by molar-refractivity contribution is -0.131. The number of carbonyl (C=O) groups excluding carboxylic acids is 2. The molecule has 150 valence electrons. The minimum Gasteiger partial charge on any atom is -0.353 e. The third kappa shape index (κ3) is 4.62. The Morgan fingerprint density at radius 3 is 2.52 bits per heavy atom. The minimum absolute atomic E-state index is 0.0745. The van der Waals surface area contributed by atoms with Gasteiger partial charge in [0.15, 0.2) is 5.13 Å². The van der Waals surface area contributed by atoms with Crippen LogP contribution in [-0.4, -0.2) is 53.9 Å². The zero-order chi connectivity index (χ0) is 19.4. The van der Waals surface area contributed by atoms with E-state index in [9.17, 15) is 9.59 Å². The predicted octanol–water partition coefficient (Wildman–Crippen LogP) is 2.61. The van der Waals surface area contributed by atoms with Gasteiger partial charge in [0.2, 0.25) is 11.8 Å². The maximum absolute atomic E-state index is 12.6. The molecule has 1 fully saturated rings. The number of hydrogen-bond donors (Lipinski definition) is 1. The molecule has 27 heavy (non-hydrogen) atoms. The maximum atomic E-state index is 12.6. The lowest BCUT2D eigenvalue weighted by Gasteiger charge is -2.34. The Balaban J connectivity index is 1.59. The van der Waals surface area contributed by atoms with Crippen LogP contribution in [0.25, 0.3) is 0 Å². The molecule has 1 saturated heterocycles. The van der Waals surface area contributed by atoms with E-state index in [1.54, 1.807) is 11.3 Å². The number of amides is 2. The van der Waals surface area contributed by atoms with E-state index in [1.165, 1.54) is 10.6 Å². The number of anilines is 1. The van der Waals surface area contributed by atoms with E-state index in [4.69, 9.17) is 4.98 Å². The van der Waals surface area contributed by atoms with Crippen molar-refractivity contribution in [3.8, 4) is 0 Å². The first-order chi connectivity index (χ1) is 13.0. The van der Waals surface area contributed by atoms with E-state index in [2.05, 4.69) is 24.1 Å². The van der Waals surface area contributed by atoms with Crippen molar-refractivity contribution < 1.29 is 9.59 Å². The molecule has 1 N–H and O–H groups in total. The molecule has 1 aromatic rings. The van der Waals surface area contributed by atoms with Gasteiger partial charge in [-0.1, -0.05) is 20.8 Å². The third-order valence-electron chi connectivity index (χ3n) is 5.84. The molecule has 3 rings (SSSR count). The van der Waals surface area contributed by atoms with E-state index in [-0.39, 0.29) is 23.8 Å². The Morgan fingerprint density at radius 1 is 1.19 bits per heavy atom. The van der Waals surface area contributed by atoms with E-state index in [0.29, 0.717) is 6.42 Å². The van der Waals surface area contributed by atoms with Crippen LogP contribution in [0.4, 0.5) is 5.13 Å². The van der Waals surface area contributed by atoms with Crippen molar-refractivity contribution >= 4 is 28.3 Å². The van der Waals surface area contributed by atoms with Crippen LogP contribution in [-0.2, 0) is 22.4 Å². The Morgan fingerprint density at radius 2 is 1.89 bits per heavy atom. The first kappa shape index (κ1) is 20.1. The molecule has 6 nitrogen and oxygen atoms in total. The number of hydrogen-bond acceptors (Lipinski definition) is 5. The number of nitrogens with zero attached hydrogens (tertiary/aromatic N) is 3. The van der Waals surface area contributed by atoms with Crippen LogP contribution < -0.4 is 10.2 Å². The summed E-state index contributed by atoms with van der Waals surface area (Å²) in [5.41, 5.74) is 1.17. The first-order valence-electron chi connectivity index (χ1n) is 10.4. The van der Waals surface area contributed by atoms with Crippen molar-refractivity contribution in [1.29, 1.82) is 0 Å². The van der Waals surface area contributed by atoms with Crippen molar-refractivity contribution in [3.63, 3.8) is 0 Å². The predicted molar refractivity (Wildman–Crippen MR) is 109 cm³/mol. The monoisotopic (exact) mass is 392 g/mol. The van der Waals surface area contributed by atoms with Crippen molar-refractivity contribution in [3.05, 3.63) is 10.6 Å². The van der Waals surface area contributed by atoms with Crippen LogP contribution in [0.3, 0.4) is 0 Å². The number of thiazole rings is 1. The number of aryl methyl sites for hydroxylation is 1. The number of piperazine rings is 1. The summed E-state index contributed by atoms with van der Waals surface area (Å²) in [4.78, 5) is 34.8. The summed E-state index contributed by atoms with van der Waals surface area (Å²) in [5.74, 6) is 0.515. The summed E-state index contributed by atoms with van der Waals surface area (Å²) < 4.78 is 0. The van der Waals surface area contributed by atoms with Gasteiger partial charge in [-0.05, 0) is 32.1 Å². The molecule has 0 spiro atoms. The fourth-order valence-corrected chi connectivity index (χ4v) is 5.14. The second-order valence-corrected chi connectivity index (χ2v) is 8.61. The van der Waals surface area contributed by atoms with Gasteiger partial charge in [-0.3, -0.25) is 9.59 Å². The average Bonchev–Trinajstić information content (AvgIpc) is 3.14. The highest BCUT2D eigenvalue weighted by atomic mass is 32.1. The van der Waals surface area contributed by atoms with Gasteiger partial charge in [0.1, 0.15) is 0 Å². The Bertz CT molecular complexity index is 663. The molecule has 2 amide bonds. The highest BCUT2D eigenvalue weighted by Gasteiger charge is 2.30. The molecule has 7 heteroatoms. The maximum Gasteiger partial charge on any atom is 0.223 e. The molecule has 1 atom stereocenters. The lowest BCUT2D eigenvalue weighted by Crippen LogP contribution is -2.48. The van der Waals surface area contributed by atoms with Crippen LogP contribution in [0.15, 0.2) is 0 Å². The Hall–Kier alpha value is -1.63. The molecule has 1 aliphatic carbocycles. The van der Waals surface area contributed by atoms with Crippen LogP contribution in [0, 0.1) is 5.92 Å². The van der Waals surface area contributed by atoms with Gasteiger partial charge in [-0.15, -0.1) is 11.3 Å². The van der Waals surface area contributed by atoms with Gasteiger partial charge in [0.05, 0.1) is 5.69 Å². The van der Waals surface area contributed by atoms with Gasteiger partial charge < -0.3 is 15.1 Å². The van der Waals surface area contributed by atoms with Crippen LogP contribution in [0.2, 0.25) is 0 Å². The van der Waals surface area contributed by atoms with E-state index >= 15 is 0 Å². The van der Waals surface area contributed by atoms with Crippen LogP contribution in [0.5, 0.6) is 0 Å². The van der Waals surface area contributed by atoms with Gasteiger partial charge in [0, 0.05) is 49.4 Å². The van der Waals surface area contributed by atoms with Crippen molar-refractivity contribution in [2.24, 2.45) is 5.92 Å². The highest BCUT2D eigenvalue weighted by Crippen LogP contribution is 2.34. The van der Waals surface area contributed by atoms with Crippen LogP contribution >= 0.6 is 11.3 Å². The summed E-state index contributed by atoms with van der Waals surface area (Å²) in [5, 5.41) is 4.27. The summed E-state index contributed by atoms with van der Waals surface area (Å²) in [6.45, 7) is 9.40. The molecule has 1 aliphatic heterocycles. The van der Waals surface area contributed by atoms with Gasteiger partial charge in [-0.2, -0.15) is 0 Å². The van der Waals surface area contributed by atoms with Gasteiger partial charge in [-0.25, -0.2) is 4.98 Å². The molecule has 1 unspecified atom stereocenters. The zero-order valence-corrected chi connectivity index (χ0v) is 17.6. The fraction of sp³-hybridized carbons (Fsp3) is 0.750. The number of aromatic nitrogens is 1. The second kappa shape index (κ2) is 9.04. The van der Waals surface area contributed by atoms with Crippen molar-refractivity contribution in [1.82, 2.24) is 15.2 Å². The van der Waals surface area contributed by atoms with Crippen molar-refractivity contribution in [2.45, 2.75) is 65.3 Å². The number of fused-ring (bicyclic) bond motifs is 1. The smallest absolute Gasteiger partial charge is 0.223 e. The van der Waals surface area contributed by atoms with E-state index in [1.807, 2.05) is 11.8 Å². The highest BCUT2D eigenvalue weighted by molar-refractivity contribution is 7.15. The standard InChI is InChI=1S/C20H32N4O2S/c1-4-15(5-2)21-19(26)14-7-8-16-17(13-14)27-20(22-16)24-11-9-23(10-12-24)18(25)6-3/h14-15H,4-13H2,1-3H3,(H,21,26). The molecule has 0 saturated carbocycles. The largest absolute Gasteiger partial charge is 0.353 e. The summed E-state index contributed by atoms with van der Waals surface area (Å²) in [6, 6.07) is 0.290. The Labute approximate surface area is 166 Å². The molecule has 0 bridgehead atoms. The van der Waals surface area contributed by atoms with E-state index in [0.717, 1.165) is 63.4 Å². The second-order valence-electron chi connectivity index (χ2n) is 7.55. The van der Waals surface area contributed by atoms with Gasteiger partial charge >= 0.3 is 0 Å². The summed E-state index contributed by atoms with van der Waals surface area (Å²) in [6.07, 6.45) is 5.14. The topological polar surface area (TPSA) is 65.5 Å². The fourth-order valence-electron chi connectivity index (χ4n) is 3.90. The summed E-state index contributed by atoms with van der Waals surface area (Å²) in [7, 11) is 0. The molecule has 0 radical (unpaired) electrons. The zero-order valence-electron chi connectivity index (χ0n) is 16.8. The lowest BCUT2D eigenvalue weighted by atomic mass is 9.90. The average molecular weight is 393 g/mol. The van der Waals surface area contributed by atoms with E-state index < -0.39 is 0 Å². The first-order valence-corrected chi connectivity index (χ1v) is 11.2. The van der Waals surface area contributed by atoms with Crippen LogP contribution in [0.1, 0.15) is 57.0 Å². The molecular weight excluding hydrogens is 360 g/mol. The molecule has 0 aromatic carbocycles. The summed E-state index contributed by atoms with van der Waals surface area (Å²) >= 11 is 1.74. The number of rotatable bonds is 6. The van der Waals surface area contributed by atoms with Crippen molar-refractivity contribution in [2.75, 3.05) is 31.1 Å². The van der Waals surface area contributed by atoms with Gasteiger partial charge in [0.25, 0.3) is 0 Å². The number of carbonyl (C=O) groups is 2. The Kier molecular flexibility index (Phi) is 6.73. The molecule has 2 aliphatic rings. The molecule has 2 heterocycles. The molecular formula is C20H32N4O2S.